The Bertz CT molecular complexity index is 1200. The molecular weight excluding hydrogens is 470 g/mol. The zero-order valence-corrected chi connectivity index (χ0v) is 22.1. The van der Waals surface area contributed by atoms with Gasteiger partial charge in [-0.3, -0.25) is 14.0 Å². The summed E-state index contributed by atoms with van der Waals surface area (Å²) in [4.78, 5) is 17.9. The number of rotatable bonds is 8. The molecule has 1 fully saturated rings. The molecule has 0 N–H and O–H groups in total. The van der Waals surface area contributed by atoms with Gasteiger partial charge in [-0.2, -0.15) is 0 Å². The van der Waals surface area contributed by atoms with Gasteiger partial charge in [0.15, 0.2) is 0 Å². The van der Waals surface area contributed by atoms with E-state index in [1.165, 1.54) is 21.7 Å². The van der Waals surface area contributed by atoms with Crippen molar-refractivity contribution in [1.82, 2.24) is 9.80 Å². The van der Waals surface area contributed by atoms with Gasteiger partial charge in [-0.1, -0.05) is 85.3 Å². The van der Waals surface area contributed by atoms with Gasteiger partial charge >= 0.3 is 0 Å². The topological polar surface area (TPSA) is 60.9 Å². The van der Waals surface area contributed by atoms with Gasteiger partial charge in [0.2, 0.25) is 15.9 Å². The van der Waals surface area contributed by atoms with Crippen molar-refractivity contribution < 1.29 is 13.2 Å². The van der Waals surface area contributed by atoms with E-state index < -0.39 is 16.1 Å². The summed E-state index contributed by atoms with van der Waals surface area (Å²) in [7, 11) is -3.65. The fraction of sp³-hybridized carbons (Fsp3) is 0.345. The van der Waals surface area contributed by atoms with Gasteiger partial charge in [0.1, 0.15) is 6.04 Å². The quantitative estimate of drug-likeness (QED) is 0.453. The van der Waals surface area contributed by atoms with E-state index in [0.29, 0.717) is 38.3 Å². The molecule has 7 heteroatoms. The predicted molar refractivity (Wildman–Crippen MR) is 145 cm³/mol. The lowest BCUT2D eigenvalue weighted by atomic mass is 9.96. The Morgan fingerprint density at radius 1 is 0.833 bits per heavy atom. The summed E-state index contributed by atoms with van der Waals surface area (Å²) in [5.74, 6) is -0.140. The number of nitrogens with zero attached hydrogens (tertiary/aromatic N) is 3. The SMILES string of the molecule is CCC(C(=O)N1CCN(C(c2ccccc2)c2ccccc2)CC1)N(c1ccc(C)cc1)S(C)(=O)=O. The summed E-state index contributed by atoms with van der Waals surface area (Å²) in [5, 5.41) is 0. The molecule has 1 heterocycles. The molecule has 0 spiro atoms. The Morgan fingerprint density at radius 3 is 1.78 bits per heavy atom. The average molecular weight is 506 g/mol. The van der Waals surface area contributed by atoms with Crippen molar-refractivity contribution in [1.29, 1.82) is 0 Å². The van der Waals surface area contributed by atoms with Gasteiger partial charge in [-0.15, -0.1) is 0 Å². The maximum Gasteiger partial charge on any atom is 0.246 e. The number of anilines is 1. The summed E-state index contributed by atoms with van der Waals surface area (Å²) in [6, 6.07) is 27.5. The third-order valence-electron chi connectivity index (χ3n) is 6.82. The van der Waals surface area contributed by atoms with Crippen LogP contribution in [0.4, 0.5) is 5.69 Å². The van der Waals surface area contributed by atoms with Crippen LogP contribution in [0.25, 0.3) is 0 Å². The van der Waals surface area contributed by atoms with Crippen LogP contribution in [-0.2, 0) is 14.8 Å². The average Bonchev–Trinajstić information content (AvgIpc) is 2.89. The first-order chi connectivity index (χ1) is 17.3. The normalized spacial score (nSPS) is 15.6. The van der Waals surface area contributed by atoms with E-state index in [9.17, 15) is 13.2 Å². The number of sulfonamides is 1. The molecule has 3 aromatic carbocycles. The van der Waals surface area contributed by atoms with Crippen molar-refractivity contribution in [2.24, 2.45) is 0 Å². The van der Waals surface area contributed by atoms with Gasteiger partial charge in [0.25, 0.3) is 0 Å². The lowest BCUT2D eigenvalue weighted by molar-refractivity contribution is -0.134. The maximum atomic E-state index is 13.7. The number of benzene rings is 3. The molecule has 1 aliphatic heterocycles. The minimum absolute atomic E-state index is 0.103. The molecule has 4 rings (SSSR count). The molecule has 3 aromatic rings. The highest BCUT2D eigenvalue weighted by Crippen LogP contribution is 2.30. The molecule has 0 aromatic heterocycles. The summed E-state index contributed by atoms with van der Waals surface area (Å²) in [6.45, 7) is 6.34. The van der Waals surface area contributed by atoms with Crippen LogP contribution in [0.15, 0.2) is 84.9 Å². The molecular formula is C29H35N3O3S. The molecule has 1 aliphatic rings. The number of carbonyl (C=O) groups excluding carboxylic acids is 1. The van der Waals surface area contributed by atoms with Crippen LogP contribution in [-0.4, -0.2) is 62.6 Å². The van der Waals surface area contributed by atoms with E-state index in [0.717, 1.165) is 5.56 Å². The van der Waals surface area contributed by atoms with E-state index >= 15 is 0 Å². The van der Waals surface area contributed by atoms with Gasteiger partial charge in [0, 0.05) is 26.2 Å². The second-order valence-electron chi connectivity index (χ2n) is 9.40. The largest absolute Gasteiger partial charge is 0.338 e. The fourth-order valence-corrected chi connectivity index (χ4v) is 6.24. The van der Waals surface area contributed by atoms with Crippen LogP contribution >= 0.6 is 0 Å². The third kappa shape index (κ3) is 5.79. The summed E-state index contributed by atoms with van der Waals surface area (Å²) in [6.07, 6.45) is 1.57. The summed E-state index contributed by atoms with van der Waals surface area (Å²) < 4.78 is 26.9. The fourth-order valence-electron chi connectivity index (χ4n) is 5.03. The first-order valence-corrected chi connectivity index (χ1v) is 14.3. The van der Waals surface area contributed by atoms with Crippen LogP contribution in [0.2, 0.25) is 0 Å². The smallest absolute Gasteiger partial charge is 0.246 e. The van der Waals surface area contributed by atoms with Crippen molar-refractivity contribution >= 4 is 21.6 Å². The van der Waals surface area contributed by atoms with Crippen molar-refractivity contribution in [3.63, 3.8) is 0 Å². The Kier molecular flexibility index (Phi) is 8.11. The number of amides is 1. The highest BCUT2D eigenvalue weighted by atomic mass is 32.2. The second kappa shape index (κ2) is 11.3. The third-order valence-corrected chi connectivity index (χ3v) is 8.00. The number of carbonyl (C=O) groups is 1. The lowest BCUT2D eigenvalue weighted by Gasteiger charge is -2.42. The summed E-state index contributed by atoms with van der Waals surface area (Å²) in [5.41, 5.74) is 4.00. The Morgan fingerprint density at radius 2 is 1.33 bits per heavy atom. The Labute approximate surface area is 215 Å². The number of hydrogen-bond acceptors (Lipinski definition) is 4. The van der Waals surface area contributed by atoms with Crippen LogP contribution in [0.5, 0.6) is 0 Å². The van der Waals surface area contributed by atoms with Gasteiger partial charge in [-0.25, -0.2) is 8.42 Å². The molecule has 1 saturated heterocycles. The molecule has 1 amide bonds. The molecule has 0 saturated carbocycles. The minimum atomic E-state index is -3.65. The predicted octanol–water partition coefficient (Wildman–Crippen LogP) is 4.47. The number of hydrogen-bond donors (Lipinski definition) is 0. The van der Waals surface area contributed by atoms with E-state index in [1.807, 2.05) is 43.0 Å². The van der Waals surface area contributed by atoms with Crippen LogP contribution in [0.1, 0.15) is 36.1 Å². The van der Waals surface area contributed by atoms with Crippen LogP contribution < -0.4 is 4.31 Å². The summed E-state index contributed by atoms with van der Waals surface area (Å²) >= 11 is 0. The molecule has 1 atom stereocenters. The highest BCUT2D eigenvalue weighted by molar-refractivity contribution is 7.92. The lowest BCUT2D eigenvalue weighted by Crippen LogP contribution is -2.56. The second-order valence-corrected chi connectivity index (χ2v) is 11.3. The van der Waals surface area contributed by atoms with E-state index in [4.69, 9.17) is 0 Å². The van der Waals surface area contributed by atoms with Crippen LogP contribution in [0, 0.1) is 6.92 Å². The number of aryl methyl sites for hydroxylation is 1. The Balaban J connectivity index is 1.53. The van der Waals surface area contributed by atoms with Crippen LogP contribution in [0.3, 0.4) is 0 Å². The molecule has 0 radical (unpaired) electrons. The van der Waals surface area contributed by atoms with E-state index in [1.54, 1.807) is 12.1 Å². The van der Waals surface area contributed by atoms with Gasteiger partial charge in [0.05, 0.1) is 18.0 Å². The maximum absolute atomic E-state index is 13.7. The van der Waals surface area contributed by atoms with E-state index in [-0.39, 0.29) is 11.9 Å². The molecule has 1 unspecified atom stereocenters. The monoisotopic (exact) mass is 505 g/mol. The molecule has 190 valence electrons. The molecule has 0 aliphatic carbocycles. The van der Waals surface area contributed by atoms with Crippen molar-refractivity contribution in [3.8, 4) is 0 Å². The van der Waals surface area contributed by atoms with E-state index in [2.05, 4.69) is 53.4 Å². The molecule has 36 heavy (non-hydrogen) atoms. The zero-order valence-electron chi connectivity index (χ0n) is 21.2. The van der Waals surface area contributed by atoms with Gasteiger partial charge in [-0.05, 0) is 36.6 Å². The first kappa shape index (κ1) is 25.9. The minimum Gasteiger partial charge on any atom is -0.338 e. The first-order valence-electron chi connectivity index (χ1n) is 12.5. The number of piperazine rings is 1. The highest BCUT2D eigenvalue weighted by Gasteiger charge is 2.36. The Hall–Kier alpha value is -3.16. The molecule has 6 nitrogen and oxygen atoms in total. The standard InChI is InChI=1S/C29H35N3O3S/c1-4-27(32(36(3,34)35)26-17-15-23(2)16-18-26)29(33)31-21-19-30(20-22-31)28(24-11-7-5-8-12-24)25-13-9-6-10-14-25/h5-18,27-28H,4,19-22H2,1-3H3. The molecule has 0 bridgehead atoms. The van der Waals surface area contributed by atoms with Crippen molar-refractivity contribution in [2.75, 3.05) is 36.7 Å². The van der Waals surface area contributed by atoms with Crippen molar-refractivity contribution in [2.45, 2.75) is 32.4 Å². The van der Waals surface area contributed by atoms with Gasteiger partial charge < -0.3 is 4.90 Å². The van der Waals surface area contributed by atoms with Crippen molar-refractivity contribution in [3.05, 3.63) is 102 Å². The zero-order chi connectivity index (χ0) is 25.7.